The van der Waals surface area contributed by atoms with Gasteiger partial charge in [0.2, 0.25) is 5.88 Å². The number of pyridine rings is 1. The van der Waals surface area contributed by atoms with Crippen LogP contribution in [0.4, 0.5) is 5.69 Å². The van der Waals surface area contributed by atoms with Crippen LogP contribution in [0.2, 0.25) is 5.15 Å². The quantitative estimate of drug-likeness (QED) is 0.393. The third-order valence-corrected chi connectivity index (χ3v) is 3.67. The molecule has 0 radical (unpaired) electrons. The van der Waals surface area contributed by atoms with E-state index < -0.39 is 4.92 Å². The zero-order valence-electron chi connectivity index (χ0n) is 10.0. The van der Waals surface area contributed by atoms with Crippen molar-refractivity contribution in [3.05, 3.63) is 54.0 Å². The van der Waals surface area contributed by atoms with Crippen molar-refractivity contribution in [1.82, 2.24) is 4.98 Å². The molecule has 0 saturated carbocycles. The SMILES string of the molecule is N#Cc1cc(Cl)nc(Oc2c(Br)cc([N+](=O)[O-])cc2Br)c1. The van der Waals surface area contributed by atoms with Crippen molar-refractivity contribution in [2.45, 2.75) is 0 Å². The Balaban J connectivity index is 2.43. The van der Waals surface area contributed by atoms with Crippen LogP contribution >= 0.6 is 43.5 Å². The Morgan fingerprint density at radius 1 is 1.29 bits per heavy atom. The van der Waals surface area contributed by atoms with Crippen molar-refractivity contribution in [1.29, 1.82) is 5.26 Å². The number of nitriles is 1. The highest BCUT2D eigenvalue weighted by Crippen LogP contribution is 2.39. The van der Waals surface area contributed by atoms with Gasteiger partial charge in [-0.05, 0) is 37.9 Å². The van der Waals surface area contributed by atoms with E-state index in [1.54, 1.807) is 0 Å². The second-order valence-corrected chi connectivity index (χ2v) is 5.82. The summed E-state index contributed by atoms with van der Waals surface area (Å²) < 4.78 is 6.26. The van der Waals surface area contributed by atoms with E-state index in [0.29, 0.717) is 20.3 Å². The zero-order valence-corrected chi connectivity index (χ0v) is 13.9. The molecule has 21 heavy (non-hydrogen) atoms. The predicted molar refractivity (Wildman–Crippen MR) is 82.5 cm³/mol. The van der Waals surface area contributed by atoms with Gasteiger partial charge in [-0.2, -0.15) is 5.26 Å². The molecule has 106 valence electrons. The van der Waals surface area contributed by atoms with Crippen LogP contribution in [0.1, 0.15) is 5.56 Å². The summed E-state index contributed by atoms with van der Waals surface area (Å²) in [5.41, 5.74) is 0.192. The van der Waals surface area contributed by atoms with Gasteiger partial charge in [0.15, 0.2) is 5.75 Å². The zero-order chi connectivity index (χ0) is 15.6. The monoisotopic (exact) mass is 431 g/mol. The second-order valence-electron chi connectivity index (χ2n) is 3.73. The van der Waals surface area contributed by atoms with Gasteiger partial charge in [-0.3, -0.25) is 10.1 Å². The van der Waals surface area contributed by atoms with Crippen LogP contribution in [0.25, 0.3) is 0 Å². The molecular weight excluding hydrogens is 429 g/mol. The minimum absolute atomic E-state index is 0.0992. The fourth-order valence-corrected chi connectivity index (χ4v) is 2.97. The maximum atomic E-state index is 10.8. The minimum atomic E-state index is -0.523. The largest absolute Gasteiger partial charge is 0.437 e. The van der Waals surface area contributed by atoms with Gasteiger partial charge < -0.3 is 4.74 Å². The molecule has 0 unspecified atom stereocenters. The van der Waals surface area contributed by atoms with Crippen LogP contribution in [0.15, 0.2) is 33.2 Å². The van der Waals surface area contributed by atoms with Crippen molar-refractivity contribution in [3.63, 3.8) is 0 Å². The van der Waals surface area contributed by atoms with Gasteiger partial charge >= 0.3 is 0 Å². The first kappa shape index (κ1) is 15.7. The molecular formula is C12H4Br2ClN3O3. The Morgan fingerprint density at radius 2 is 1.90 bits per heavy atom. The summed E-state index contributed by atoms with van der Waals surface area (Å²) >= 11 is 12.2. The van der Waals surface area contributed by atoms with E-state index in [2.05, 4.69) is 36.8 Å². The van der Waals surface area contributed by atoms with Crippen molar-refractivity contribution in [2.24, 2.45) is 0 Å². The molecule has 0 amide bonds. The number of halogens is 3. The molecule has 1 heterocycles. The van der Waals surface area contributed by atoms with Crippen molar-refractivity contribution in [3.8, 4) is 17.7 Å². The molecule has 0 N–H and O–H groups in total. The average molecular weight is 433 g/mol. The van der Waals surface area contributed by atoms with Crippen molar-refractivity contribution in [2.75, 3.05) is 0 Å². The topological polar surface area (TPSA) is 89.0 Å². The first-order valence-corrected chi connectivity index (χ1v) is 7.26. The van der Waals surface area contributed by atoms with E-state index in [9.17, 15) is 10.1 Å². The van der Waals surface area contributed by atoms with Crippen molar-refractivity contribution >= 4 is 49.1 Å². The Hall–Kier alpha value is -1.69. The summed E-state index contributed by atoms with van der Waals surface area (Å²) in [6.07, 6.45) is 0. The maximum Gasteiger partial charge on any atom is 0.271 e. The molecule has 0 bridgehead atoms. The molecule has 0 aliphatic rings. The highest BCUT2D eigenvalue weighted by Gasteiger charge is 2.16. The lowest BCUT2D eigenvalue weighted by Gasteiger charge is -2.09. The van der Waals surface area contributed by atoms with Crippen LogP contribution < -0.4 is 4.74 Å². The van der Waals surface area contributed by atoms with Gasteiger partial charge in [0.1, 0.15) is 5.15 Å². The van der Waals surface area contributed by atoms with Crippen LogP contribution in [0, 0.1) is 21.4 Å². The molecule has 0 spiro atoms. The Bertz CT molecular complexity index is 754. The molecule has 2 aromatic rings. The molecule has 0 atom stereocenters. The van der Waals surface area contributed by atoms with Crippen LogP contribution in [0.5, 0.6) is 11.6 Å². The van der Waals surface area contributed by atoms with E-state index >= 15 is 0 Å². The smallest absolute Gasteiger partial charge is 0.271 e. The summed E-state index contributed by atoms with van der Waals surface area (Å²) in [6.45, 7) is 0. The molecule has 0 aliphatic heterocycles. The van der Waals surface area contributed by atoms with Gasteiger partial charge in [-0.15, -0.1) is 0 Å². The molecule has 9 heteroatoms. The number of rotatable bonds is 3. The lowest BCUT2D eigenvalue weighted by Crippen LogP contribution is -1.94. The summed E-state index contributed by atoms with van der Waals surface area (Å²) in [5.74, 6) is 0.397. The number of hydrogen-bond donors (Lipinski definition) is 0. The van der Waals surface area contributed by atoms with Crippen molar-refractivity contribution < 1.29 is 9.66 Å². The molecule has 0 fully saturated rings. The standard InChI is InChI=1S/C12H4Br2ClN3O3/c13-8-3-7(18(19)20)4-9(14)12(8)21-11-2-6(5-16)1-10(15)17-11/h1-4H. The molecule has 1 aromatic heterocycles. The summed E-state index contributed by atoms with van der Waals surface area (Å²) in [6, 6.07) is 7.34. The number of hydrogen-bond acceptors (Lipinski definition) is 5. The number of ether oxygens (including phenoxy) is 1. The van der Waals surface area contributed by atoms with E-state index in [4.69, 9.17) is 21.6 Å². The molecule has 1 aromatic carbocycles. The number of aromatic nitrogens is 1. The Labute approximate surface area is 140 Å². The van der Waals surface area contributed by atoms with Crippen LogP contribution in [0.3, 0.4) is 0 Å². The van der Waals surface area contributed by atoms with Crippen LogP contribution in [-0.4, -0.2) is 9.91 Å². The fraction of sp³-hybridized carbons (Fsp3) is 0. The van der Waals surface area contributed by atoms with Gasteiger partial charge in [0.25, 0.3) is 5.69 Å². The van der Waals surface area contributed by atoms with Gasteiger partial charge in [0, 0.05) is 18.2 Å². The minimum Gasteiger partial charge on any atom is -0.437 e. The highest BCUT2D eigenvalue weighted by atomic mass is 79.9. The predicted octanol–water partition coefficient (Wildman–Crippen LogP) is 4.83. The number of nitro benzene ring substituents is 1. The number of benzene rings is 1. The van der Waals surface area contributed by atoms with E-state index in [1.165, 1.54) is 24.3 Å². The number of nitro groups is 1. The highest BCUT2D eigenvalue weighted by molar-refractivity contribution is 9.11. The van der Waals surface area contributed by atoms with Gasteiger partial charge in [0.05, 0.1) is 25.5 Å². The molecule has 6 nitrogen and oxygen atoms in total. The maximum absolute atomic E-state index is 10.8. The lowest BCUT2D eigenvalue weighted by atomic mass is 10.3. The summed E-state index contributed by atoms with van der Waals surface area (Å²) in [5, 5.41) is 19.7. The number of non-ortho nitro benzene ring substituents is 1. The van der Waals surface area contributed by atoms with E-state index in [1.807, 2.05) is 6.07 Å². The average Bonchev–Trinajstić information content (AvgIpc) is 2.41. The van der Waals surface area contributed by atoms with Gasteiger partial charge in [-0.25, -0.2) is 4.98 Å². The molecule has 0 saturated heterocycles. The summed E-state index contributed by atoms with van der Waals surface area (Å²) in [4.78, 5) is 14.2. The summed E-state index contributed by atoms with van der Waals surface area (Å²) in [7, 11) is 0. The van der Waals surface area contributed by atoms with Crippen LogP contribution in [-0.2, 0) is 0 Å². The fourth-order valence-electron chi connectivity index (χ4n) is 1.44. The van der Waals surface area contributed by atoms with E-state index in [-0.39, 0.29) is 16.7 Å². The normalized spacial score (nSPS) is 10.0. The Kier molecular flexibility index (Phi) is 4.77. The number of nitrogens with zero attached hydrogens (tertiary/aromatic N) is 3. The third-order valence-electron chi connectivity index (χ3n) is 2.30. The van der Waals surface area contributed by atoms with E-state index in [0.717, 1.165) is 0 Å². The lowest BCUT2D eigenvalue weighted by molar-refractivity contribution is -0.385. The molecule has 2 rings (SSSR count). The van der Waals surface area contributed by atoms with Gasteiger partial charge in [-0.1, -0.05) is 11.6 Å². The first-order chi connectivity index (χ1) is 9.90. The third kappa shape index (κ3) is 3.69. The second kappa shape index (κ2) is 6.39. The Morgan fingerprint density at radius 3 is 2.43 bits per heavy atom. The first-order valence-electron chi connectivity index (χ1n) is 5.29. The molecule has 0 aliphatic carbocycles.